The molecule has 4 atom stereocenters. The van der Waals surface area contributed by atoms with Crippen molar-refractivity contribution >= 4 is 41.1 Å². The van der Waals surface area contributed by atoms with Gasteiger partial charge in [0.25, 0.3) is 0 Å². The van der Waals surface area contributed by atoms with Crippen LogP contribution in [-0.2, 0) is 25.9 Å². The van der Waals surface area contributed by atoms with Crippen molar-refractivity contribution in [2.75, 3.05) is 13.2 Å². The van der Waals surface area contributed by atoms with Gasteiger partial charge in [-0.25, -0.2) is 0 Å². The molecule has 45 heavy (non-hydrogen) atoms. The first-order valence-corrected chi connectivity index (χ1v) is 21.9. The summed E-state index contributed by atoms with van der Waals surface area (Å²) in [5, 5.41) is -0.0262. The van der Waals surface area contributed by atoms with Gasteiger partial charge in [0.2, 0.25) is 0 Å². The van der Waals surface area contributed by atoms with E-state index < -0.39 is 35.1 Å². The van der Waals surface area contributed by atoms with Crippen LogP contribution >= 0.6 is 32.8 Å². The summed E-state index contributed by atoms with van der Waals surface area (Å²) in [5.41, 5.74) is 4.21. The summed E-state index contributed by atoms with van der Waals surface area (Å²) in [6.45, 7) is 16.2. The van der Waals surface area contributed by atoms with Gasteiger partial charge in [0.15, 0.2) is 8.32 Å². The Bertz CT molecular complexity index is 1510. The van der Waals surface area contributed by atoms with Crippen molar-refractivity contribution in [3.63, 3.8) is 0 Å². The predicted molar refractivity (Wildman–Crippen MR) is 177 cm³/mol. The maximum Gasteiger partial charge on any atom is 0.311 e. The molecule has 0 bridgehead atoms. The van der Waals surface area contributed by atoms with Crippen molar-refractivity contribution in [1.82, 2.24) is 9.97 Å². The van der Waals surface area contributed by atoms with Gasteiger partial charge in [0, 0.05) is 47.3 Å². The fourth-order valence-electron chi connectivity index (χ4n) is 7.37. The maximum absolute atomic E-state index is 13.6. The molecular weight excluding hydrogens is 742 g/mol. The lowest BCUT2D eigenvalue weighted by Crippen LogP contribution is -2.48. The van der Waals surface area contributed by atoms with Gasteiger partial charge in [-0.15, -0.1) is 0 Å². The van der Waals surface area contributed by atoms with Crippen LogP contribution in [0.4, 0.5) is 19.4 Å². The molecule has 0 N–H and O–H groups in total. The number of hydrogen-bond donors (Lipinski definition) is 0. The van der Waals surface area contributed by atoms with Crippen molar-refractivity contribution in [2.45, 2.75) is 124 Å². The van der Waals surface area contributed by atoms with Crippen molar-refractivity contribution < 1.29 is 33.3 Å². The molecule has 2 fully saturated rings. The van der Waals surface area contributed by atoms with E-state index in [1.807, 2.05) is 0 Å². The van der Waals surface area contributed by atoms with E-state index in [2.05, 4.69) is 75.3 Å². The van der Waals surface area contributed by atoms with Gasteiger partial charge in [-0.05, 0) is 67.3 Å². The molecule has 2 aromatic heterocycles. The molecule has 252 valence electrons. The Morgan fingerprint density at radius 3 is 2.27 bits per heavy atom. The predicted octanol–water partition coefficient (Wildman–Crippen LogP) is 11.0. The number of rotatable bonds is 5. The molecule has 4 aliphatic rings. The maximum atomic E-state index is 13.6. The molecule has 2 unspecified atom stereocenters. The van der Waals surface area contributed by atoms with E-state index in [-0.39, 0.29) is 38.3 Å². The molecule has 6 rings (SSSR count). The molecule has 0 amide bonds. The summed E-state index contributed by atoms with van der Waals surface area (Å²) in [5.74, 6) is -0.0270. The number of alkyl halides is 1. The normalized spacial score (nSPS) is 29.7. The van der Waals surface area contributed by atoms with Crippen LogP contribution in [0, 0.1) is 5.41 Å². The van der Waals surface area contributed by atoms with Crippen molar-refractivity contribution in [3.05, 3.63) is 52.1 Å². The largest absolute Gasteiger partial charge is 0.410 e. The lowest BCUT2D eigenvalue weighted by atomic mass is 9.58. The number of fused-ring (bicyclic) bond motifs is 4. The molecular formula is C32H44F5IN2O3SSi. The zero-order valence-corrected chi connectivity index (χ0v) is 31.0. The highest BCUT2D eigenvalue weighted by molar-refractivity contribution is 14.1. The summed E-state index contributed by atoms with van der Waals surface area (Å²) in [6.07, 6.45) is 4.92. The monoisotopic (exact) mass is 786 g/mol. The Morgan fingerprint density at radius 1 is 1.07 bits per heavy atom. The highest BCUT2D eigenvalue weighted by atomic mass is 127. The first-order chi connectivity index (χ1) is 20.5. The molecule has 1 saturated heterocycles. The second-order valence-electron chi connectivity index (χ2n) is 15.5. The molecule has 13 heteroatoms. The Labute approximate surface area is 277 Å². The molecule has 4 heterocycles. The topological polar surface area (TPSA) is 53.5 Å². The Morgan fingerprint density at radius 2 is 1.76 bits per heavy atom. The van der Waals surface area contributed by atoms with Crippen LogP contribution in [0.25, 0.3) is 0 Å². The van der Waals surface area contributed by atoms with Gasteiger partial charge in [-0.3, -0.25) is 9.97 Å². The number of hydrogen-bond acceptors (Lipinski definition) is 5. The lowest BCUT2D eigenvalue weighted by molar-refractivity contribution is -0.114. The average Bonchev–Trinajstić information content (AvgIpc) is 3.22. The zero-order chi connectivity index (χ0) is 33.1. The van der Waals surface area contributed by atoms with Crippen LogP contribution in [0.1, 0.15) is 119 Å². The van der Waals surface area contributed by atoms with Crippen LogP contribution in [-0.4, -0.2) is 35.4 Å². The standard InChI is InChI=1S/C32H44F5IN2O3SSi/c1-19(2)28-26-27(25-22(40-28)15-31(11-8-12-31)16-23(25)43-45(6,7)30(3,4)5)32(13-14-41-18-24(32)38)42-29(26)21-10-9-20(17-39-21)44(33,34,35,36)37/h9-10,17,19,23-24,29H,8,11-16,18H2,1-7H3/t23-,24?,29+,32?/m0/s1. The Kier molecular flexibility index (Phi) is 7.62. The van der Waals surface area contributed by atoms with Gasteiger partial charge in [0.05, 0.1) is 22.3 Å². The highest BCUT2D eigenvalue weighted by Crippen LogP contribution is 3.02. The number of halogens is 6. The van der Waals surface area contributed by atoms with Gasteiger partial charge in [-0.1, -0.05) is 83.1 Å². The van der Waals surface area contributed by atoms with Crippen LogP contribution in [0.5, 0.6) is 0 Å². The molecule has 2 aliphatic heterocycles. The second-order valence-corrected chi connectivity index (χ2v) is 24.1. The first kappa shape index (κ1) is 34.0. The third-order valence-electron chi connectivity index (χ3n) is 10.9. The molecule has 0 aromatic carbocycles. The highest BCUT2D eigenvalue weighted by Gasteiger charge is 2.66. The fourth-order valence-corrected chi connectivity index (χ4v) is 10.2. The number of ether oxygens (including phenoxy) is 2. The van der Waals surface area contributed by atoms with Crippen LogP contribution in [0.3, 0.4) is 0 Å². The van der Waals surface area contributed by atoms with Crippen LogP contribution in [0.15, 0.2) is 23.2 Å². The summed E-state index contributed by atoms with van der Waals surface area (Å²) >= 11 is 2.37. The third kappa shape index (κ3) is 5.80. The molecule has 2 aliphatic carbocycles. The number of pyridine rings is 2. The van der Waals surface area contributed by atoms with Crippen LogP contribution in [0.2, 0.25) is 18.1 Å². The minimum absolute atomic E-state index is 0.0262. The molecule has 2 aromatic rings. The minimum Gasteiger partial charge on any atom is -0.410 e. The van der Waals surface area contributed by atoms with E-state index in [4.69, 9.17) is 18.9 Å². The lowest BCUT2D eigenvalue weighted by Gasteiger charge is -2.51. The van der Waals surface area contributed by atoms with E-state index >= 15 is 0 Å². The van der Waals surface area contributed by atoms with Crippen molar-refractivity contribution in [1.29, 1.82) is 0 Å². The molecule has 1 saturated carbocycles. The second kappa shape index (κ2) is 10.1. The molecule has 2 spiro atoms. The van der Waals surface area contributed by atoms with Gasteiger partial charge in [0.1, 0.15) is 16.6 Å². The SMILES string of the molecule is CC(C)c1nc2c(c3c1[C@@H](c1ccc(S(F)(F)(F)(F)F)cn1)OC31CCOCC1I)[C@@H](O[Si](C)(C)C(C)(C)C)CC1(CCC1)C2. The number of nitrogens with zero attached hydrogens (tertiary/aromatic N) is 2. The van der Waals surface area contributed by atoms with Gasteiger partial charge in [-0.2, -0.15) is 0 Å². The molecule has 5 nitrogen and oxygen atoms in total. The summed E-state index contributed by atoms with van der Waals surface area (Å²) < 4.78 is 88.3. The summed E-state index contributed by atoms with van der Waals surface area (Å²) in [4.78, 5) is 7.36. The summed E-state index contributed by atoms with van der Waals surface area (Å²) in [6, 6.07) is 1.48. The minimum atomic E-state index is -9.89. The van der Waals surface area contributed by atoms with E-state index in [9.17, 15) is 19.4 Å². The number of aromatic nitrogens is 2. The van der Waals surface area contributed by atoms with Gasteiger partial charge < -0.3 is 13.9 Å². The average molecular weight is 787 g/mol. The quantitative estimate of drug-likeness (QED) is 0.131. The smallest absolute Gasteiger partial charge is 0.311 e. The van der Waals surface area contributed by atoms with E-state index in [0.717, 1.165) is 59.8 Å². The Hall–Kier alpha value is -0.873. The summed E-state index contributed by atoms with van der Waals surface area (Å²) in [7, 11) is -12.2. The third-order valence-corrected chi connectivity index (χ3v) is 17.9. The zero-order valence-electron chi connectivity index (χ0n) is 27.0. The van der Waals surface area contributed by atoms with Crippen LogP contribution < -0.4 is 0 Å². The van der Waals surface area contributed by atoms with E-state index in [0.29, 0.717) is 25.7 Å². The van der Waals surface area contributed by atoms with E-state index in [1.165, 1.54) is 6.42 Å². The molecule has 0 radical (unpaired) electrons. The Balaban J connectivity index is 1.60. The van der Waals surface area contributed by atoms with Crippen molar-refractivity contribution in [3.8, 4) is 0 Å². The fraction of sp³-hybridized carbons (Fsp3) is 0.688. The van der Waals surface area contributed by atoms with Crippen molar-refractivity contribution in [2.24, 2.45) is 5.41 Å². The first-order valence-electron chi connectivity index (χ1n) is 15.8. The van der Waals surface area contributed by atoms with E-state index in [1.54, 1.807) is 0 Å². The van der Waals surface area contributed by atoms with Gasteiger partial charge >= 0.3 is 10.2 Å².